The quantitative estimate of drug-likeness (QED) is 0.926. The lowest BCUT2D eigenvalue weighted by molar-refractivity contribution is 0.772. The van der Waals surface area contributed by atoms with E-state index in [1.165, 1.54) is 40.9 Å². The number of benzene rings is 1. The average Bonchev–Trinajstić information content (AvgIpc) is 3.12. The fraction of sp³-hybridized carbons (Fsp3) is 0.471. The molecule has 1 heterocycles. The zero-order valence-electron chi connectivity index (χ0n) is 12.6. The van der Waals surface area contributed by atoms with Crippen molar-refractivity contribution in [2.75, 3.05) is 6.54 Å². The molecule has 0 bridgehead atoms. The highest BCUT2D eigenvalue weighted by atomic mass is 15.3. The van der Waals surface area contributed by atoms with Crippen molar-refractivity contribution in [2.24, 2.45) is 5.73 Å². The fourth-order valence-corrected chi connectivity index (χ4v) is 3.07. The molecule has 20 heavy (non-hydrogen) atoms. The number of nitrogens with two attached hydrogens (primary N) is 1. The summed E-state index contributed by atoms with van der Waals surface area (Å²) in [6.07, 6.45) is 3.44. The Balaban J connectivity index is 2.13. The van der Waals surface area contributed by atoms with E-state index in [9.17, 15) is 0 Å². The average molecular weight is 269 g/mol. The summed E-state index contributed by atoms with van der Waals surface area (Å²) in [5.74, 6) is 0.689. The third kappa shape index (κ3) is 2.38. The predicted molar refractivity (Wildman–Crippen MR) is 82.5 cm³/mol. The molecule has 0 spiro atoms. The molecule has 2 N–H and O–H groups in total. The topological polar surface area (TPSA) is 43.8 Å². The number of hydrogen-bond donors (Lipinski definition) is 1. The van der Waals surface area contributed by atoms with E-state index in [1.54, 1.807) is 0 Å². The van der Waals surface area contributed by atoms with Gasteiger partial charge in [-0.1, -0.05) is 17.7 Å². The Morgan fingerprint density at radius 3 is 2.35 bits per heavy atom. The molecule has 2 aromatic rings. The third-order valence-electron chi connectivity index (χ3n) is 4.03. The minimum atomic E-state index is 0.660. The molecule has 0 saturated heterocycles. The zero-order valence-corrected chi connectivity index (χ0v) is 12.6. The molecule has 1 aromatic carbocycles. The number of hydrogen-bond acceptors (Lipinski definition) is 2. The smallest absolute Gasteiger partial charge is 0.0707 e. The van der Waals surface area contributed by atoms with E-state index in [1.807, 2.05) is 0 Å². The first-order chi connectivity index (χ1) is 9.60. The van der Waals surface area contributed by atoms with Gasteiger partial charge in [-0.2, -0.15) is 5.10 Å². The third-order valence-corrected chi connectivity index (χ3v) is 4.03. The summed E-state index contributed by atoms with van der Waals surface area (Å²) in [6.45, 7) is 7.16. The predicted octanol–water partition coefficient (Wildman–Crippen LogP) is 3.18. The normalized spacial score (nSPS) is 14.8. The Kier molecular flexibility index (Phi) is 3.38. The molecule has 106 valence electrons. The maximum absolute atomic E-state index is 5.68. The fourth-order valence-electron chi connectivity index (χ4n) is 3.07. The standard InChI is InChI=1S/C17H23N3/c1-11-8-12(2)17(13(3)9-11)20-16(14-4-5-14)10-15(19-20)6-7-18/h8-10,14H,4-7,18H2,1-3H3. The maximum Gasteiger partial charge on any atom is 0.0707 e. The highest BCUT2D eigenvalue weighted by Crippen LogP contribution is 2.41. The van der Waals surface area contributed by atoms with Crippen LogP contribution in [0.3, 0.4) is 0 Å². The van der Waals surface area contributed by atoms with Crippen LogP contribution in [0.15, 0.2) is 18.2 Å². The summed E-state index contributed by atoms with van der Waals surface area (Å²) >= 11 is 0. The minimum absolute atomic E-state index is 0.660. The molecule has 1 aromatic heterocycles. The van der Waals surface area contributed by atoms with Crippen molar-refractivity contribution in [1.82, 2.24) is 9.78 Å². The molecule has 1 aliphatic carbocycles. The zero-order chi connectivity index (χ0) is 14.3. The Morgan fingerprint density at radius 2 is 1.80 bits per heavy atom. The Morgan fingerprint density at radius 1 is 1.15 bits per heavy atom. The van der Waals surface area contributed by atoms with Crippen LogP contribution in [0, 0.1) is 20.8 Å². The first kappa shape index (κ1) is 13.4. The molecular formula is C17H23N3. The van der Waals surface area contributed by atoms with Crippen molar-refractivity contribution in [1.29, 1.82) is 0 Å². The van der Waals surface area contributed by atoms with Gasteiger partial charge >= 0.3 is 0 Å². The van der Waals surface area contributed by atoms with Gasteiger partial charge in [0.25, 0.3) is 0 Å². The lowest BCUT2D eigenvalue weighted by Crippen LogP contribution is -2.07. The minimum Gasteiger partial charge on any atom is -0.330 e. The van der Waals surface area contributed by atoms with Crippen LogP contribution in [0.1, 0.15) is 46.8 Å². The number of aromatic nitrogens is 2. The summed E-state index contributed by atoms with van der Waals surface area (Å²) in [4.78, 5) is 0. The van der Waals surface area contributed by atoms with Gasteiger partial charge in [-0.25, -0.2) is 4.68 Å². The molecule has 0 radical (unpaired) electrons. The molecule has 1 saturated carbocycles. The molecule has 0 unspecified atom stereocenters. The van der Waals surface area contributed by atoms with Gasteiger partial charge in [0.15, 0.2) is 0 Å². The number of nitrogens with zero attached hydrogens (tertiary/aromatic N) is 2. The van der Waals surface area contributed by atoms with Gasteiger partial charge in [0.05, 0.1) is 11.4 Å². The molecule has 1 aliphatic rings. The van der Waals surface area contributed by atoms with E-state index in [2.05, 4.69) is 43.7 Å². The largest absolute Gasteiger partial charge is 0.330 e. The van der Waals surface area contributed by atoms with E-state index in [-0.39, 0.29) is 0 Å². The van der Waals surface area contributed by atoms with Crippen LogP contribution in [0.25, 0.3) is 5.69 Å². The first-order valence-corrected chi connectivity index (χ1v) is 7.47. The summed E-state index contributed by atoms with van der Waals surface area (Å²) in [5, 5.41) is 4.82. The Hall–Kier alpha value is -1.61. The molecule has 0 amide bonds. The van der Waals surface area contributed by atoms with Gasteiger partial charge in [0, 0.05) is 18.0 Å². The second kappa shape index (κ2) is 5.06. The molecule has 3 heteroatoms. The van der Waals surface area contributed by atoms with Gasteiger partial charge in [-0.3, -0.25) is 0 Å². The summed E-state index contributed by atoms with van der Waals surface area (Å²) < 4.78 is 2.17. The molecule has 1 fully saturated rings. The van der Waals surface area contributed by atoms with E-state index in [0.717, 1.165) is 12.1 Å². The van der Waals surface area contributed by atoms with Crippen molar-refractivity contribution in [3.63, 3.8) is 0 Å². The van der Waals surface area contributed by atoms with Crippen LogP contribution in [0.5, 0.6) is 0 Å². The molecule has 0 atom stereocenters. The lowest BCUT2D eigenvalue weighted by Gasteiger charge is -2.14. The Bertz CT molecular complexity index is 613. The molecule has 3 nitrogen and oxygen atoms in total. The summed E-state index contributed by atoms with van der Waals surface area (Å²) in [6, 6.07) is 6.73. The van der Waals surface area contributed by atoms with E-state index in [0.29, 0.717) is 12.5 Å². The van der Waals surface area contributed by atoms with Crippen molar-refractivity contribution < 1.29 is 0 Å². The SMILES string of the molecule is Cc1cc(C)c(-n2nc(CCN)cc2C2CC2)c(C)c1. The van der Waals surface area contributed by atoms with Gasteiger partial charge in [0.2, 0.25) is 0 Å². The maximum atomic E-state index is 5.68. The second-order valence-electron chi connectivity index (χ2n) is 6.03. The number of rotatable bonds is 4. The van der Waals surface area contributed by atoms with Gasteiger partial charge < -0.3 is 5.73 Å². The van der Waals surface area contributed by atoms with Crippen molar-refractivity contribution in [3.8, 4) is 5.69 Å². The van der Waals surface area contributed by atoms with Gasteiger partial charge in [-0.05, 0) is 57.4 Å². The van der Waals surface area contributed by atoms with Gasteiger partial charge in [-0.15, -0.1) is 0 Å². The highest BCUT2D eigenvalue weighted by Gasteiger charge is 2.29. The molecule has 3 rings (SSSR count). The van der Waals surface area contributed by atoms with Crippen LogP contribution in [-0.4, -0.2) is 16.3 Å². The van der Waals surface area contributed by atoms with Crippen molar-refractivity contribution >= 4 is 0 Å². The highest BCUT2D eigenvalue weighted by molar-refractivity contribution is 5.50. The molecule has 0 aliphatic heterocycles. The van der Waals surface area contributed by atoms with Crippen LogP contribution in [0.4, 0.5) is 0 Å². The van der Waals surface area contributed by atoms with Gasteiger partial charge in [0.1, 0.15) is 0 Å². The first-order valence-electron chi connectivity index (χ1n) is 7.47. The van der Waals surface area contributed by atoms with Crippen LogP contribution in [0.2, 0.25) is 0 Å². The lowest BCUT2D eigenvalue weighted by atomic mass is 10.0. The van der Waals surface area contributed by atoms with Crippen LogP contribution >= 0.6 is 0 Å². The monoisotopic (exact) mass is 269 g/mol. The van der Waals surface area contributed by atoms with E-state index in [4.69, 9.17) is 10.8 Å². The number of aryl methyl sites for hydroxylation is 3. The van der Waals surface area contributed by atoms with Crippen LogP contribution in [-0.2, 0) is 6.42 Å². The summed E-state index contributed by atoms with van der Waals surface area (Å²) in [5.41, 5.74) is 13.3. The van der Waals surface area contributed by atoms with Crippen molar-refractivity contribution in [2.45, 2.75) is 46.0 Å². The summed E-state index contributed by atoms with van der Waals surface area (Å²) in [7, 11) is 0. The van der Waals surface area contributed by atoms with Crippen molar-refractivity contribution in [3.05, 3.63) is 46.3 Å². The van der Waals surface area contributed by atoms with E-state index < -0.39 is 0 Å². The second-order valence-corrected chi connectivity index (χ2v) is 6.03. The van der Waals surface area contributed by atoms with E-state index >= 15 is 0 Å². The molecular weight excluding hydrogens is 246 g/mol. The Labute approximate surface area is 120 Å². The van der Waals surface area contributed by atoms with Crippen LogP contribution < -0.4 is 5.73 Å².